The van der Waals surface area contributed by atoms with Crippen LogP contribution in [0.15, 0.2) is 83.8 Å². The molecule has 0 aliphatic heterocycles. The summed E-state index contributed by atoms with van der Waals surface area (Å²) in [5.74, 6) is -0.947. The summed E-state index contributed by atoms with van der Waals surface area (Å²) in [6.45, 7) is 4.92. The quantitative estimate of drug-likeness (QED) is 0.553. The summed E-state index contributed by atoms with van der Waals surface area (Å²) in [5, 5.41) is 9.42. The Labute approximate surface area is 176 Å². The maximum absolute atomic E-state index is 12.9. The topological polar surface area (TPSA) is 64.2 Å². The number of benzene rings is 2. The van der Waals surface area contributed by atoms with Crippen LogP contribution in [0, 0.1) is 0 Å². The summed E-state index contributed by atoms with van der Waals surface area (Å²) in [4.78, 5) is 24.4. The number of hydrogen-bond acceptors (Lipinski definition) is 2. The molecule has 1 N–H and O–H groups in total. The molecule has 3 rings (SSSR count). The Morgan fingerprint density at radius 2 is 1.70 bits per heavy atom. The molecule has 0 saturated carbocycles. The molecule has 0 radical (unpaired) electrons. The van der Waals surface area contributed by atoms with Gasteiger partial charge in [0, 0.05) is 24.9 Å². The Morgan fingerprint density at radius 3 is 2.37 bits per heavy atom. The molecular formula is C25H26N2O3. The van der Waals surface area contributed by atoms with Gasteiger partial charge in [0.15, 0.2) is 0 Å². The van der Waals surface area contributed by atoms with Gasteiger partial charge in [-0.1, -0.05) is 66.8 Å². The minimum absolute atomic E-state index is 0.0343. The van der Waals surface area contributed by atoms with Crippen molar-refractivity contribution in [2.45, 2.75) is 33.4 Å². The van der Waals surface area contributed by atoms with E-state index in [0.29, 0.717) is 25.1 Å². The average Bonchev–Trinajstić information content (AvgIpc) is 3.05. The largest absolute Gasteiger partial charge is 0.478 e. The van der Waals surface area contributed by atoms with Crippen LogP contribution in [-0.4, -0.2) is 20.2 Å². The number of carboxylic acids is 1. The molecule has 0 saturated heterocycles. The number of rotatable bonds is 8. The fourth-order valence-electron chi connectivity index (χ4n) is 3.40. The zero-order valence-electron chi connectivity index (χ0n) is 17.3. The first kappa shape index (κ1) is 21.1. The molecule has 3 aromatic rings. The van der Waals surface area contributed by atoms with Gasteiger partial charge in [0.05, 0.1) is 12.1 Å². The maximum Gasteiger partial charge on any atom is 0.336 e. The summed E-state index contributed by atoms with van der Waals surface area (Å²) in [6, 6.07) is 14.7. The van der Waals surface area contributed by atoms with E-state index in [4.69, 9.17) is 0 Å². The van der Waals surface area contributed by atoms with Crippen molar-refractivity contribution < 1.29 is 9.90 Å². The number of imidazole rings is 1. The summed E-state index contributed by atoms with van der Waals surface area (Å²) >= 11 is 0. The number of aromatic carboxylic acids is 1. The molecule has 0 aliphatic rings. The third kappa shape index (κ3) is 4.69. The van der Waals surface area contributed by atoms with Gasteiger partial charge < -0.3 is 5.11 Å². The Kier molecular flexibility index (Phi) is 6.86. The number of hydrogen-bond donors (Lipinski definition) is 1. The minimum Gasteiger partial charge on any atom is -0.478 e. The second-order valence-corrected chi connectivity index (χ2v) is 7.03. The maximum atomic E-state index is 12.9. The summed E-state index contributed by atoms with van der Waals surface area (Å²) < 4.78 is 3.51. The van der Waals surface area contributed by atoms with Crippen molar-refractivity contribution in [3.63, 3.8) is 0 Å². The molecule has 1 aromatic heterocycles. The first-order valence-corrected chi connectivity index (χ1v) is 9.98. The lowest BCUT2D eigenvalue weighted by molar-refractivity contribution is 0.0697. The van der Waals surface area contributed by atoms with Crippen LogP contribution in [0.4, 0.5) is 0 Å². The van der Waals surface area contributed by atoms with Gasteiger partial charge in [-0.15, -0.1) is 0 Å². The van der Waals surface area contributed by atoms with Gasteiger partial charge in [-0.25, -0.2) is 9.59 Å². The van der Waals surface area contributed by atoms with Crippen LogP contribution in [0.2, 0.25) is 0 Å². The molecule has 1 heterocycles. The standard InChI is InChI=1S/C25H26N2O3/c1-3-5-9-21-18-26(16-6-4-2)25(30)27(21)17-19-12-14-20(15-13-19)22-10-7-8-11-23(22)24(28)29/h3-8,10-15,18H,9,16-17H2,1-2H3,(H,28,29)/b5-3+,6-4+. The van der Waals surface area contributed by atoms with Gasteiger partial charge in [-0.3, -0.25) is 9.13 Å². The Balaban J connectivity index is 1.91. The second-order valence-electron chi connectivity index (χ2n) is 7.03. The van der Waals surface area contributed by atoms with Crippen molar-refractivity contribution >= 4 is 5.97 Å². The zero-order chi connectivity index (χ0) is 21.5. The highest BCUT2D eigenvalue weighted by Gasteiger charge is 2.12. The normalized spacial score (nSPS) is 11.5. The molecule has 0 bridgehead atoms. The fourth-order valence-corrected chi connectivity index (χ4v) is 3.40. The number of carbonyl (C=O) groups is 1. The number of aromatic nitrogens is 2. The SMILES string of the molecule is C/C=C/Cc1cn(C/C=C/C)c(=O)n1Cc1ccc(-c2ccccc2C(=O)O)cc1. The lowest BCUT2D eigenvalue weighted by Crippen LogP contribution is -2.25. The lowest BCUT2D eigenvalue weighted by atomic mass is 9.99. The molecule has 0 spiro atoms. The van der Waals surface area contributed by atoms with E-state index in [9.17, 15) is 14.7 Å². The first-order valence-electron chi connectivity index (χ1n) is 9.98. The van der Waals surface area contributed by atoms with E-state index in [2.05, 4.69) is 0 Å². The predicted molar refractivity (Wildman–Crippen MR) is 120 cm³/mol. The fraction of sp³-hybridized carbons (Fsp3) is 0.200. The number of carboxylic acid groups (broad SMARTS) is 1. The van der Waals surface area contributed by atoms with E-state index < -0.39 is 5.97 Å². The zero-order valence-corrected chi connectivity index (χ0v) is 17.3. The van der Waals surface area contributed by atoms with Crippen LogP contribution >= 0.6 is 0 Å². The third-order valence-electron chi connectivity index (χ3n) is 4.99. The lowest BCUT2D eigenvalue weighted by Gasteiger charge is -2.09. The third-order valence-corrected chi connectivity index (χ3v) is 4.99. The molecule has 154 valence electrons. The van der Waals surface area contributed by atoms with Gasteiger partial charge in [0.25, 0.3) is 0 Å². The smallest absolute Gasteiger partial charge is 0.336 e. The van der Waals surface area contributed by atoms with E-state index >= 15 is 0 Å². The minimum atomic E-state index is -0.947. The molecule has 0 aliphatic carbocycles. The Hall–Kier alpha value is -3.60. The highest BCUT2D eigenvalue weighted by atomic mass is 16.4. The highest BCUT2D eigenvalue weighted by molar-refractivity contribution is 5.95. The van der Waals surface area contributed by atoms with Crippen LogP contribution in [0.1, 0.15) is 35.5 Å². The van der Waals surface area contributed by atoms with Crippen LogP contribution in [-0.2, 0) is 19.5 Å². The van der Waals surface area contributed by atoms with Gasteiger partial charge in [0.1, 0.15) is 0 Å². The highest BCUT2D eigenvalue weighted by Crippen LogP contribution is 2.24. The van der Waals surface area contributed by atoms with E-state index in [1.807, 2.05) is 74.7 Å². The van der Waals surface area contributed by atoms with Crippen molar-refractivity contribution in [2.75, 3.05) is 0 Å². The second kappa shape index (κ2) is 9.74. The van der Waals surface area contributed by atoms with Gasteiger partial charge in [-0.2, -0.15) is 0 Å². The molecular weight excluding hydrogens is 376 g/mol. The van der Waals surface area contributed by atoms with E-state index in [-0.39, 0.29) is 11.3 Å². The number of allylic oxidation sites excluding steroid dienone is 4. The molecule has 0 unspecified atom stereocenters. The molecule has 2 aromatic carbocycles. The summed E-state index contributed by atoms with van der Waals surface area (Å²) in [5.41, 5.74) is 3.70. The average molecular weight is 402 g/mol. The van der Waals surface area contributed by atoms with E-state index in [1.54, 1.807) is 27.3 Å². The first-order chi connectivity index (χ1) is 14.5. The molecule has 0 fully saturated rings. The monoisotopic (exact) mass is 402 g/mol. The Morgan fingerprint density at radius 1 is 1.00 bits per heavy atom. The molecule has 0 atom stereocenters. The van der Waals surface area contributed by atoms with Gasteiger partial charge in [-0.05, 0) is 36.6 Å². The van der Waals surface area contributed by atoms with Crippen LogP contribution in [0.25, 0.3) is 11.1 Å². The van der Waals surface area contributed by atoms with E-state index in [0.717, 1.165) is 16.8 Å². The van der Waals surface area contributed by atoms with Crippen molar-refractivity contribution in [2.24, 2.45) is 0 Å². The van der Waals surface area contributed by atoms with E-state index in [1.165, 1.54) is 0 Å². The molecule has 5 nitrogen and oxygen atoms in total. The summed E-state index contributed by atoms with van der Waals surface area (Å²) in [7, 11) is 0. The van der Waals surface area contributed by atoms with Gasteiger partial charge >= 0.3 is 11.7 Å². The molecule has 5 heteroatoms. The van der Waals surface area contributed by atoms with Gasteiger partial charge in [0.2, 0.25) is 0 Å². The van der Waals surface area contributed by atoms with Crippen molar-refractivity contribution in [1.29, 1.82) is 0 Å². The Bertz CT molecular complexity index is 1130. The van der Waals surface area contributed by atoms with Crippen molar-refractivity contribution in [3.8, 4) is 11.1 Å². The van der Waals surface area contributed by atoms with Crippen LogP contribution in [0.3, 0.4) is 0 Å². The molecule has 0 amide bonds. The summed E-state index contributed by atoms with van der Waals surface area (Å²) in [6.07, 6.45) is 10.5. The van der Waals surface area contributed by atoms with Crippen LogP contribution < -0.4 is 5.69 Å². The predicted octanol–water partition coefficient (Wildman–Crippen LogP) is 4.76. The molecule has 30 heavy (non-hydrogen) atoms. The van der Waals surface area contributed by atoms with Crippen LogP contribution in [0.5, 0.6) is 0 Å². The number of nitrogens with zero attached hydrogens (tertiary/aromatic N) is 2. The van der Waals surface area contributed by atoms with Crippen molar-refractivity contribution in [1.82, 2.24) is 9.13 Å². The van der Waals surface area contributed by atoms with Crippen molar-refractivity contribution in [3.05, 3.63) is 106 Å².